The van der Waals surface area contributed by atoms with E-state index in [1.807, 2.05) is 13.8 Å². The van der Waals surface area contributed by atoms with Crippen LogP contribution in [0.1, 0.15) is 35.7 Å². The second-order valence-electron chi connectivity index (χ2n) is 6.35. The molecule has 158 valence electrons. The molecule has 1 amide bonds. The van der Waals surface area contributed by atoms with E-state index in [0.717, 1.165) is 12.1 Å². The third-order valence-corrected chi connectivity index (χ3v) is 5.94. The highest BCUT2D eigenvalue weighted by Gasteiger charge is 2.23. The topological polar surface area (TPSA) is 101 Å². The quantitative estimate of drug-likeness (QED) is 0.544. The van der Waals surface area contributed by atoms with Crippen molar-refractivity contribution < 1.29 is 22.1 Å². The van der Waals surface area contributed by atoms with Crippen LogP contribution in [0.5, 0.6) is 0 Å². The maximum atomic E-state index is 14.3. The average molecular weight is 452 g/mol. The lowest BCUT2D eigenvalue weighted by molar-refractivity contribution is 0.102. The van der Waals surface area contributed by atoms with Crippen molar-refractivity contribution in [1.82, 2.24) is 5.16 Å². The lowest BCUT2D eigenvalue weighted by Crippen LogP contribution is -2.17. The summed E-state index contributed by atoms with van der Waals surface area (Å²) >= 11 is 5.79. The van der Waals surface area contributed by atoms with Crippen LogP contribution in [0.3, 0.4) is 0 Å². The van der Waals surface area contributed by atoms with Crippen LogP contribution in [0, 0.1) is 5.82 Å². The Morgan fingerprint density at radius 1 is 1.10 bits per heavy atom. The molecule has 1 aromatic heterocycles. The van der Waals surface area contributed by atoms with Gasteiger partial charge in [0, 0.05) is 22.8 Å². The van der Waals surface area contributed by atoms with Gasteiger partial charge in [-0.15, -0.1) is 0 Å². The Morgan fingerprint density at radius 3 is 2.40 bits per heavy atom. The zero-order chi connectivity index (χ0) is 21.9. The Hall–Kier alpha value is -2.91. The first kappa shape index (κ1) is 21.8. The Bertz CT molecular complexity index is 1160. The van der Waals surface area contributed by atoms with Crippen molar-refractivity contribution in [2.45, 2.75) is 31.6 Å². The largest absolute Gasteiger partial charge is 0.360 e. The SMILES string of the molecule is CCc1noc(CC)c1C(=O)Nc1ccc(F)c(S(=O)(=O)Nc2ccc(Cl)cc2)c1. The van der Waals surface area contributed by atoms with Gasteiger partial charge in [-0.3, -0.25) is 9.52 Å². The lowest BCUT2D eigenvalue weighted by atomic mass is 10.1. The molecule has 0 aliphatic carbocycles. The summed E-state index contributed by atoms with van der Waals surface area (Å²) in [5.74, 6) is -1.04. The van der Waals surface area contributed by atoms with Gasteiger partial charge in [0.15, 0.2) is 0 Å². The summed E-state index contributed by atoms with van der Waals surface area (Å²) in [4.78, 5) is 12.1. The van der Waals surface area contributed by atoms with Crippen LogP contribution in [0.15, 0.2) is 51.9 Å². The predicted octanol–water partition coefficient (Wildman–Crippen LogP) is 4.65. The standard InChI is InChI=1S/C20H19ClFN3O4S/c1-3-16-19(17(4-2)29-24-16)20(26)23-14-9-10-15(22)18(11-14)30(27,28)25-13-7-5-12(21)6-8-13/h5-11,25H,3-4H2,1-2H3,(H,23,26). The summed E-state index contributed by atoms with van der Waals surface area (Å²) in [6, 6.07) is 9.21. The van der Waals surface area contributed by atoms with E-state index in [2.05, 4.69) is 15.2 Å². The first-order chi connectivity index (χ1) is 14.2. The molecule has 0 aliphatic heterocycles. The van der Waals surface area contributed by atoms with E-state index in [0.29, 0.717) is 34.9 Å². The summed E-state index contributed by atoms with van der Waals surface area (Å²) in [6.45, 7) is 3.65. The summed E-state index contributed by atoms with van der Waals surface area (Å²) in [5, 5.41) is 6.90. The Kier molecular flexibility index (Phi) is 6.42. The number of nitrogens with zero attached hydrogens (tertiary/aromatic N) is 1. The van der Waals surface area contributed by atoms with Gasteiger partial charge in [0.1, 0.15) is 22.0 Å². The number of halogens is 2. The van der Waals surface area contributed by atoms with Crippen LogP contribution in [-0.4, -0.2) is 19.5 Å². The van der Waals surface area contributed by atoms with Crippen LogP contribution in [-0.2, 0) is 22.9 Å². The summed E-state index contributed by atoms with van der Waals surface area (Å²) in [5.41, 5.74) is 1.12. The molecule has 0 fully saturated rings. The Balaban J connectivity index is 1.89. The highest BCUT2D eigenvalue weighted by Crippen LogP contribution is 2.24. The summed E-state index contributed by atoms with van der Waals surface area (Å²) in [7, 11) is -4.24. The van der Waals surface area contributed by atoms with Crippen LogP contribution in [0.25, 0.3) is 0 Å². The minimum absolute atomic E-state index is 0.114. The third kappa shape index (κ3) is 4.63. The molecule has 0 saturated carbocycles. The molecule has 0 unspecified atom stereocenters. The van der Waals surface area contributed by atoms with E-state index in [4.69, 9.17) is 16.1 Å². The number of anilines is 2. The van der Waals surface area contributed by atoms with Crippen molar-refractivity contribution in [2.75, 3.05) is 10.0 Å². The van der Waals surface area contributed by atoms with Gasteiger partial charge in [0.05, 0.1) is 5.69 Å². The van der Waals surface area contributed by atoms with Crippen LogP contribution in [0.2, 0.25) is 5.02 Å². The molecule has 0 spiro atoms. The zero-order valence-electron chi connectivity index (χ0n) is 16.2. The van der Waals surface area contributed by atoms with Gasteiger partial charge in [0.2, 0.25) is 0 Å². The zero-order valence-corrected chi connectivity index (χ0v) is 17.8. The van der Waals surface area contributed by atoms with E-state index >= 15 is 0 Å². The minimum atomic E-state index is -4.24. The van der Waals surface area contributed by atoms with Gasteiger partial charge in [0.25, 0.3) is 15.9 Å². The minimum Gasteiger partial charge on any atom is -0.360 e. The fourth-order valence-electron chi connectivity index (χ4n) is 2.81. The molecule has 30 heavy (non-hydrogen) atoms. The van der Waals surface area contributed by atoms with Crippen molar-refractivity contribution >= 4 is 38.9 Å². The van der Waals surface area contributed by atoms with Crippen LogP contribution < -0.4 is 10.0 Å². The van der Waals surface area contributed by atoms with Gasteiger partial charge in [-0.2, -0.15) is 0 Å². The normalized spacial score (nSPS) is 11.3. The molecule has 0 aliphatic rings. The molecule has 0 atom stereocenters. The molecule has 10 heteroatoms. The fraction of sp³-hybridized carbons (Fsp3) is 0.200. The van der Waals surface area contributed by atoms with E-state index in [1.54, 1.807) is 0 Å². The van der Waals surface area contributed by atoms with Crippen molar-refractivity contribution in [3.63, 3.8) is 0 Å². The predicted molar refractivity (Wildman–Crippen MR) is 112 cm³/mol. The van der Waals surface area contributed by atoms with E-state index in [1.165, 1.54) is 30.3 Å². The van der Waals surface area contributed by atoms with Gasteiger partial charge >= 0.3 is 0 Å². The molecule has 3 aromatic rings. The number of carbonyl (C=O) groups excluding carboxylic acids is 1. The monoisotopic (exact) mass is 451 g/mol. The highest BCUT2D eigenvalue weighted by molar-refractivity contribution is 7.92. The molecule has 0 bridgehead atoms. The third-order valence-electron chi connectivity index (χ3n) is 4.29. The van der Waals surface area contributed by atoms with Gasteiger partial charge in [-0.05, 0) is 48.9 Å². The smallest absolute Gasteiger partial charge is 0.264 e. The second kappa shape index (κ2) is 8.85. The number of hydrogen-bond donors (Lipinski definition) is 2. The fourth-order valence-corrected chi connectivity index (χ4v) is 4.10. The van der Waals surface area contributed by atoms with E-state index in [9.17, 15) is 17.6 Å². The number of nitrogens with one attached hydrogen (secondary N) is 2. The molecule has 7 nitrogen and oxygen atoms in total. The maximum absolute atomic E-state index is 14.3. The molecule has 2 aromatic carbocycles. The van der Waals surface area contributed by atoms with E-state index < -0.39 is 26.6 Å². The number of aromatic nitrogens is 1. The number of hydrogen-bond acceptors (Lipinski definition) is 5. The molecule has 0 saturated heterocycles. The number of carbonyl (C=O) groups is 1. The van der Waals surface area contributed by atoms with Crippen LogP contribution in [0.4, 0.5) is 15.8 Å². The van der Waals surface area contributed by atoms with E-state index in [-0.39, 0.29) is 11.4 Å². The van der Waals surface area contributed by atoms with Gasteiger partial charge < -0.3 is 9.84 Å². The number of sulfonamides is 1. The average Bonchev–Trinajstić information content (AvgIpc) is 3.14. The van der Waals surface area contributed by atoms with Crippen molar-refractivity contribution in [1.29, 1.82) is 0 Å². The van der Waals surface area contributed by atoms with Crippen molar-refractivity contribution in [3.8, 4) is 0 Å². The molecule has 1 heterocycles. The first-order valence-electron chi connectivity index (χ1n) is 9.11. The summed E-state index contributed by atoms with van der Waals surface area (Å²) in [6.07, 6.45) is 0.949. The molecular formula is C20H19ClFN3O4S. The molecule has 3 rings (SSSR count). The Morgan fingerprint density at radius 2 is 1.77 bits per heavy atom. The van der Waals surface area contributed by atoms with Gasteiger partial charge in [-0.1, -0.05) is 30.6 Å². The number of rotatable bonds is 7. The van der Waals surface area contributed by atoms with Crippen molar-refractivity contribution in [2.24, 2.45) is 0 Å². The maximum Gasteiger partial charge on any atom is 0.264 e. The number of amides is 1. The lowest BCUT2D eigenvalue weighted by Gasteiger charge is -2.11. The van der Waals surface area contributed by atoms with Gasteiger partial charge in [-0.25, -0.2) is 12.8 Å². The number of aryl methyl sites for hydroxylation is 2. The molecular weight excluding hydrogens is 433 g/mol. The molecule has 0 radical (unpaired) electrons. The highest BCUT2D eigenvalue weighted by atomic mass is 35.5. The first-order valence-corrected chi connectivity index (χ1v) is 11.0. The number of benzene rings is 2. The second-order valence-corrected chi connectivity index (χ2v) is 8.43. The van der Waals surface area contributed by atoms with Crippen molar-refractivity contribution in [3.05, 3.63) is 70.3 Å². The molecule has 2 N–H and O–H groups in total. The Labute approximate surface area is 178 Å². The summed E-state index contributed by atoms with van der Waals surface area (Å²) < 4.78 is 47.1. The van der Waals surface area contributed by atoms with Crippen LogP contribution >= 0.6 is 11.6 Å².